The second-order valence-corrected chi connectivity index (χ2v) is 5.39. The standard InChI is InChI=1S/C14H8BrClN2O2/c15-12-5-4-9(16)7-11(12)14-17-13(18-20-14)8-2-1-3-10(19)6-8/h1-7,19H. The topological polar surface area (TPSA) is 59.2 Å². The van der Waals surface area contributed by atoms with Crippen LogP contribution in [0.3, 0.4) is 0 Å². The second-order valence-electron chi connectivity index (χ2n) is 4.10. The van der Waals surface area contributed by atoms with Gasteiger partial charge in [0.2, 0.25) is 5.82 Å². The van der Waals surface area contributed by atoms with Gasteiger partial charge >= 0.3 is 0 Å². The zero-order valence-corrected chi connectivity index (χ0v) is 12.4. The maximum atomic E-state index is 9.47. The Morgan fingerprint density at radius 3 is 2.80 bits per heavy atom. The molecule has 3 aromatic rings. The van der Waals surface area contributed by atoms with Crippen LogP contribution < -0.4 is 0 Å². The highest BCUT2D eigenvalue weighted by molar-refractivity contribution is 9.10. The molecule has 1 aromatic heterocycles. The van der Waals surface area contributed by atoms with E-state index in [2.05, 4.69) is 26.1 Å². The molecule has 0 spiro atoms. The van der Waals surface area contributed by atoms with Gasteiger partial charge in [0, 0.05) is 15.1 Å². The Bertz CT molecular complexity index is 773. The fraction of sp³-hybridized carbons (Fsp3) is 0. The van der Waals surface area contributed by atoms with Gasteiger partial charge in [-0.2, -0.15) is 4.98 Å². The van der Waals surface area contributed by atoms with Gasteiger partial charge in [0.1, 0.15) is 5.75 Å². The van der Waals surface area contributed by atoms with Crippen molar-refractivity contribution in [2.45, 2.75) is 0 Å². The van der Waals surface area contributed by atoms with E-state index in [1.165, 1.54) is 0 Å². The normalized spacial score (nSPS) is 10.7. The zero-order chi connectivity index (χ0) is 14.1. The smallest absolute Gasteiger partial charge is 0.259 e. The van der Waals surface area contributed by atoms with Gasteiger partial charge in [0.15, 0.2) is 0 Å². The van der Waals surface area contributed by atoms with Gasteiger partial charge in [-0.25, -0.2) is 0 Å². The highest BCUT2D eigenvalue weighted by atomic mass is 79.9. The van der Waals surface area contributed by atoms with Crippen molar-refractivity contribution in [3.63, 3.8) is 0 Å². The van der Waals surface area contributed by atoms with Crippen molar-refractivity contribution < 1.29 is 9.63 Å². The molecular weight excluding hydrogens is 344 g/mol. The summed E-state index contributed by atoms with van der Waals surface area (Å²) in [6.45, 7) is 0. The Balaban J connectivity index is 2.04. The summed E-state index contributed by atoms with van der Waals surface area (Å²) in [7, 11) is 0. The van der Waals surface area contributed by atoms with E-state index in [1.54, 1.807) is 36.4 Å². The number of phenolic OH excluding ortho intramolecular Hbond substituents is 1. The molecule has 0 aliphatic carbocycles. The molecule has 0 aliphatic rings. The lowest BCUT2D eigenvalue weighted by molar-refractivity contribution is 0.432. The van der Waals surface area contributed by atoms with Crippen LogP contribution in [0.4, 0.5) is 0 Å². The molecule has 100 valence electrons. The Morgan fingerprint density at radius 1 is 1.15 bits per heavy atom. The van der Waals surface area contributed by atoms with Crippen LogP contribution >= 0.6 is 27.5 Å². The van der Waals surface area contributed by atoms with Crippen LogP contribution in [0, 0.1) is 0 Å². The van der Waals surface area contributed by atoms with Gasteiger partial charge in [-0.05, 0) is 46.3 Å². The van der Waals surface area contributed by atoms with Crippen molar-refractivity contribution in [2.75, 3.05) is 0 Å². The monoisotopic (exact) mass is 350 g/mol. The zero-order valence-electron chi connectivity index (χ0n) is 10.0. The number of halogens is 2. The van der Waals surface area contributed by atoms with Gasteiger partial charge < -0.3 is 9.63 Å². The van der Waals surface area contributed by atoms with Crippen molar-refractivity contribution in [3.8, 4) is 28.6 Å². The van der Waals surface area contributed by atoms with Gasteiger partial charge in [-0.1, -0.05) is 28.9 Å². The lowest BCUT2D eigenvalue weighted by atomic mass is 10.2. The summed E-state index contributed by atoms with van der Waals surface area (Å²) in [5, 5.41) is 14.0. The number of nitrogens with zero attached hydrogens (tertiary/aromatic N) is 2. The van der Waals surface area contributed by atoms with E-state index in [9.17, 15) is 5.11 Å². The Kier molecular flexibility index (Phi) is 3.46. The Hall–Kier alpha value is -1.85. The minimum absolute atomic E-state index is 0.151. The predicted octanol–water partition coefficient (Wildman–Crippen LogP) is 4.53. The van der Waals surface area contributed by atoms with Gasteiger partial charge in [0.05, 0.1) is 5.56 Å². The van der Waals surface area contributed by atoms with E-state index in [4.69, 9.17) is 16.1 Å². The molecule has 0 radical (unpaired) electrons. The third-order valence-electron chi connectivity index (χ3n) is 2.69. The first-order valence-electron chi connectivity index (χ1n) is 5.72. The average Bonchev–Trinajstić information content (AvgIpc) is 2.91. The molecule has 0 atom stereocenters. The lowest BCUT2D eigenvalue weighted by Gasteiger charge is -1.99. The van der Waals surface area contributed by atoms with Crippen molar-refractivity contribution in [3.05, 3.63) is 52.0 Å². The third-order valence-corrected chi connectivity index (χ3v) is 3.62. The van der Waals surface area contributed by atoms with Gasteiger partial charge in [0.25, 0.3) is 5.89 Å². The molecule has 0 saturated heterocycles. The summed E-state index contributed by atoms with van der Waals surface area (Å²) in [5.41, 5.74) is 1.40. The Morgan fingerprint density at radius 2 is 2.00 bits per heavy atom. The molecule has 1 heterocycles. The van der Waals surface area contributed by atoms with Crippen molar-refractivity contribution in [1.82, 2.24) is 10.1 Å². The van der Waals surface area contributed by atoms with E-state index < -0.39 is 0 Å². The van der Waals surface area contributed by atoms with E-state index in [-0.39, 0.29) is 5.75 Å². The van der Waals surface area contributed by atoms with Crippen LogP contribution in [0.5, 0.6) is 5.75 Å². The van der Waals surface area contributed by atoms with Crippen molar-refractivity contribution >= 4 is 27.5 Å². The van der Waals surface area contributed by atoms with Crippen LogP contribution in [0.2, 0.25) is 5.02 Å². The molecule has 0 bridgehead atoms. The van der Waals surface area contributed by atoms with E-state index in [1.807, 2.05) is 6.07 Å². The summed E-state index contributed by atoms with van der Waals surface area (Å²) in [5.74, 6) is 0.915. The first-order chi connectivity index (χ1) is 9.63. The minimum Gasteiger partial charge on any atom is -0.508 e. The molecule has 0 fully saturated rings. The number of hydrogen-bond acceptors (Lipinski definition) is 4. The quantitative estimate of drug-likeness (QED) is 0.737. The molecule has 6 heteroatoms. The molecule has 0 saturated carbocycles. The fourth-order valence-electron chi connectivity index (χ4n) is 1.76. The maximum absolute atomic E-state index is 9.47. The molecule has 0 amide bonds. The van der Waals surface area contributed by atoms with Crippen molar-refractivity contribution in [2.24, 2.45) is 0 Å². The summed E-state index contributed by atoms with van der Waals surface area (Å²) in [6.07, 6.45) is 0. The number of benzene rings is 2. The van der Waals surface area contributed by atoms with E-state index in [0.29, 0.717) is 22.3 Å². The fourth-order valence-corrected chi connectivity index (χ4v) is 2.34. The van der Waals surface area contributed by atoms with Crippen LogP contribution in [-0.2, 0) is 0 Å². The minimum atomic E-state index is 0.151. The SMILES string of the molecule is Oc1cccc(-c2noc(-c3cc(Cl)ccc3Br)n2)c1. The number of phenols is 1. The van der Waals surface area contributed by atoms with E-state index in [0.717, 1.165) is 10.0 Å². The van der Waals surface area contributed by atoms with E-state index >= 15 is 0 Å². The molecule has 0 aliphatic heterocycles. The number of rotatable bonds is 2. The third kappa shape index (κ3) is 2.55. The summed E-state index contributed by atoms with van der Waals surface area (Å²) in [4.78, 5) is 4.32. The summed E-state index contributed by atoms with van der Waals surface area (Å²) >= 11 is 9.39. The van der Waals surface area contributed by atoms with Gasteiger partial charge in [-0.3, -0.25) is 0 Å². The largest absolute Gasteiger partial charge is 0.508 e. The first kappa shape index (κ1) is 13.1. The molecule has 3 rings (SSSR count). The van der Waals surface area contributed by atoms with Crippen molar-refractivity contribution in [1.29, 1.82) is 0 Å². The highest BCUT2D eigenvalue weighted by Gasteiger charge is 2.14. The summed E-state index contributed by atoms with van der Waals surface area (Å²) < 4.78 is 6.06. The maximum Gasteiger partial charge on any atom is 0.259 e. The second kappa shape index (κ2) is 5.26. The molecule has 20 heavy (non-hydrogen) atoms. The van der Waals surface area contributed by atoms with Crippen LogP contribution in [0.25, 0.3) is 22.8 Å². The van der Waals surface area contributed by atoms with Gasteiger partial charge in [-0.15, -0.1) is 0 Å². The number of hydrogen-bond donors (Lipinski definition) is 1. The molecule has 1 N–H and O–H groups in total. The number of aromatic hydroxyl groups is 1. The molecular formula is C14H8BrClN2O2. The highest BCUT2D eigenvalue weighted by Crippen LogP contribution is 2.31. The lowest BCUT2D eigenvalue weighted by Crippen LogP contribution is -1.82. The first-order valence-corrected chi connectivity index (χ1v) is 6.89. The molecule has 4 nitrogen and oxygen atoms in total. The number of aromatic nitrogens is 2. The predicted molar refractivity (Wildman–Crippen MR) is 79.5 cm³/mol. The van der Waals surface area contributed by atoms with Crippen LogP contribution in [-0.4, -0.2) is 15.2 Å². The average molecular weight is 352 g/mol. The molecule has 0 unspecified atom stereocenters. The Labute approximate surface area is 128 Å². The summed E-state index contributed by atoms with van der Waals surface area (Å²) in [6, 6.07) is 12.0. The van der Waals surface area contributed by atoms with Crippen LogP contribution in [0.15, 0.2) is 51.5 Å². The molecule has 2 aromatic carbocycles. The van der Waals surface area contributed by atoms with Crippen LogP contribution in [0.1, 0.15) is 0 Å².